The number of anilines is 1. The zero-order valence-corrected chi connectivity index (χ0v) is 14.0. The fourth-order valence-electron chi connectivity index (χ4n) is 3.25. The molecule has 1 saturated heterocycles. The molecular weight excluding hydrogens is 326 g/mol. The van der Waals surface area contributed by atoms with Crippen LogP contribution in [-0.2, 0) is 9.59 Å². The molecule has 6 nitrogen and oxygen atoms in total. The number of nitrogens with one attached hydrogen (secondary N) is 2. The maximum absolute atomic E-state index is 12.6. The van der Waals surface area contributed by atoms with Crippen LogP contribution in [0.3, 0.4) is 0 Å². The van der Waals surface area contributed by atoms with Gasteiger partial charge in [-0.1, -0.05) is 0 Å². The van der Waals surface area contributed by atoms with Crippen LogP contribution in [-0.4, -0.2) is 34.8 Å². The highest BCUT2D eigenvalue weighted by atomic mass is 32.1. The van der Waals surface area contributed by atoms with Gasteiger partial charge in [0.2, 0.25) is 11.8 Å². The number of nitrogens with zero attached hydrogens (tertiary/aromatic N) is 1. The predicted octanol–water partition coefficient (Wildman–Crippen LogP) is 3.08. The first-order chi connectivity index (χ1) is 11.6. The summed E-state index contributed by atoms with van der Waals surface area (Å²) in [4.78, 5) is 29.9. The summed E-state index contributed by atoms with van der Waals surface area (Å²) >= 11 is 4.96. The minimum atomic E-state index is -0.158. The number of fused-ring (bicyclic) bond motifs is 1. The minimum Gasteiger partial charge on any atom is -0.429 e. The lowest BCUT2D eigenvalue weighted by atomic mass is 9.96. The molecule has 1 unspecified atom stereocenters. The Balaban J connectivity index is 1.44. The maximum atomic E-state index is 12.6. The average Bonchev–Trinajstić information content (AvgIpc) is 3.36. The number of oxazole rings is 1. The second kappa shape index (κ2) is 6.05. The van der Waals surface area contributed by atoms with Crippen molar-refractivity contribution in [2.75, 3.05) is 18.4 Å². The number of aromatic amines is 1. The van der Waals surface area contributed by atoms with Gasteiger partial charge < -0.3 is 19.6 Å². The van der Waals surface area contributed by atoms with Gasteiger partial charge in [-0.2, -0.15) is 0 Å². The van der Waals surface area contributed by atoms with Gasteiger partial charge in [0.1, 0.15) is 0 Å². The van der Waals surface area contributed by atoms with Crippen molar-refractivity contribution in [2.24, 2.45) is 11.8 Å². The van der Waals surface area contributed by atoms with Crippen molar-refractivity contribution in [3.8, 4) is 0 Å². The second-order valence-electron chi connectivity index (χ2n) is 6.61. The standard InChI is InChI=1S/C17H19N3O3S/c21-15(11-2-1-7-20(9-11)16(22)10-3-4-10)18-12-5-6-13-14(8-12)23-17(24)19-13/h5-6,8,10-11H,1-4,7,9H2,(H,18,21)(H,19,24). The molecule has 0 bridgehead atoms. The summed E-state index contributed by atoms with van der Waals surface area (Å²) in [6, 6.07) is 5.40. The third-order valence-corrected chi connectivity index (χ3v) is 4.90. The molecule has 2 fully saturated rings. The Morgan fingerprint density at radius 1 is 1.25 bits per heavy atom. The van der Waals surface area contributed by atoms with Crippen molar-refractivity contribution in [3.63, 3.8) is 0 Å². The number of rotatable bonds is 3. The third-order valence-electron chi connectivity index (χ3n) is 4.72. The predicted molar refractivity (Wildman–Crippen MR) is 92.1 cm³/mol. The van der Waals surface area contributed by atoms with E-state index in [0.29, 0.717) is 22.7 Å². The fourth-order valence-corrected chi connectivity index (χ4v) is 3.45. The molecular formula is C17H19N3O3S. The molecule has 7 heteroatoms. The Morgan fingerprint density at radius 3 is 2.88 bits per heavy atom. The van der Waals surface area contributed by atoms with Crippen LogP contribution in [0, 0.1) is 16.7 Å². The van der Waals surface area contributed by atoms with Gasteiger partial charge in [0.25, 0.3) is 4.84 Å². The van der Waals surface area contributed by atoms with Gasteiger partial charge in [0.15, 0.2) is 5.58 Å². The van der Waals surface area contributed by atoms with Crippen molar-refractivity contribution < 1.29 is 14.0 Å². The second-order valence-corrected chi connectivity index (χ2v) is 6.98. The molecule has 2 aliphatic rings. The van der Waals surface area contributed by atoms with Gasteiger partial charge in [-0.15, -0.1) is 0 Å². The molecule has 1 atom stereocenters. The van der Waals surface area contributed by atoms with Crippen molar-refractivity contribution in [1.82, 2.24) is 9.88 Å². The number of likely N-dealkylation sites (tertiary alicyclic amines) is 1. The lowest BCUT2D eigenvalue weighted by molar-refractivity contribution is -0.135. The van der Waals surface area contributed by atoms with E-state index < -0.39 is 0 Å². The summed E-state index contributed by atoms with van der Waals surface area (Å²) in [5, 5.41) is 2.93. The summed E-state index contributed by atoms with van der Waals surface area (Å²) in [6.07, 6.45) is 3.68. The van der Waals surface area contributed by atoms with Crippen LogP contribution >= 0.6 is 12.2 Å². The average molecular weight is 345 g/mol. The Bertz CT molecular complexity index is 852. The topological polar surface area (TPSA) is 78.3 Å². The number of carbonyl (C=O) groups is 2. The Morgan fingerprint density at radius 2 is 2.08 bits per heavy atom. The molecule has 126 valence electrons. The van der Waals surface area contributed by atoms with Crippen LogP contribution in [0.1, 0.15) is 25.7 Å². The van der Waals surface area contributed by atoms with E-state index in [2.05, 4.69) is 10.3 Å². The summed E-state index contributed by atoms with van der Waals surface area (Å²) in [6.45, 7) is 1.29. The van der Waals surface area contributed by atoms with E-state index in [1.54, 1.807) is 6.07 Å². The van der Waals surface area contributed by atoms with Gasteiger partial charge >= 0.3 is 0 Å². The van der Waals surface area contributed by atoms with Crippen LogP contribution in [0.15, 0.2) is 22.6 Å². The molecule has 1 aliphatic carbocycles. The van der Waals surface area contributed by atoms with Crippen LogP contribution in [0.5, 0.6) is 0 Å². The third kappa shape index (κ3) is 3.08. The van der Waals surface area contributed by atoms with Crippen molar-refractivity contribution in [3.05, 3.63) is 23.0 Å². The summed E-state index contributed by atoms with van der Waals surface area (Å²) in [7, 11) is 0. The molecule has 24 heavy (non-hydrogen) atoms. The van der Waals surface area contributed by atoms with Gasteiger partial charge in [0.05, 0.1) is 11.4 Å². The lowest BCUT2D eigenvalue weighted by Crippen LogP contribution is -2.44. The first kappa shape index (κ1) is 15.4. The number of benzene rings is 1. The monoisotopic (exact) mass is 345 g/mol. The number of hydrogen-bond acceptors (Lipinski definition) is 4. The van der Waals surface area contributed by atoms with Gasteiger partial charge in [0, 0.05) is 30.8 Å². The van der Waals surface area contributed by atoms with Gasteiger partial charge in [-0.25, -0.2) is 0 Å². The highest BCUT2D eigenvalue weighted by Gasteiger charge is 2.36. The van der Waals surface area contributed by atoms with Crippen molar-refractivity contribution in [2.45, 2.75) is 25.7 Å². The van der Waals surface area contributed by atoms with E-state index in [1.807, 2.05) is 17.0 Å². The van der Waals surface area contributed by atoms with Crippen LogP contribution in [0.25, 0.3) is 11.1 Å². The molecule has 2 aromatic rings. The molecule has 1 aliphatic heterocycles. The number of H-pyrrole nitrogens is 1. The van der Waals surface area contributed by atoms with E-state index in [1.165, 1.54) is 0 Å². The quantitative estimate of drug-likeness (QED) is 0.838. The number of amides is 2. The SMILES string of the molecule is O=C(Nc1ccc2[nH]c(=S)oc2c1)C1CCCN(C(=O)C2CC2)C1. The van der Waals surface area contributed by atoms with Crippen LogP contribution in [0.4, 0.5) is 5.69 Å². The molecule has 4 rings (SSSR count). The first-order valence-corrected chi connectivity index (χ1v) is 8.73. The Kier molecular flexibility index (Phi) is 3.88. The smallest absolute Gasteiger partial charge is 0.266 e. The summed E-state index contributed by atoms with van der Waals surface area (Å²) in [5.41, 5.74) is 2.10. The number of piperidine rings is 1. The highest BCUT2D eigenvalue weighted by Crippen LogP contribution is 2.32. The molecule has 1 aromatic carbocycles. The minimum absolute atomic E-state index is 0.0446. The largest absolute Gasteiger partial charge is 0.429 e. The number of aromatic nitrogens is 1. The summed E-state index contributed by atoms with van der Waals surface area (Å²) < 4.78 is 5.37. The van der Waals surface area contributed by atoms with Crippen molar-refractivity contribution in [1.29, 1.82) is 0 Å². The molecule has 2 amide bonds. The molecule has 1 aromatic heterocycles. The van der Waals surface area contributed by atoms with Crippen LogP contribution < -0.4 is 5.32 Å². The van der Waals surface area contributed by atoms with E-state index in [0.717, 1.165) is 37.7 Å². The summed E-state index contributed by atoms with van der Waals surface area (Å²) in [5.74, 6) is 0.224. The lowest BCUT2D eigenvalue weighted by Gasteiger charge is -2.32. The van der Waals surface area contributed by atoms with E-state index in [9.17, 15) is 9.59 Å². The van der Waals surface area contributed by atoms with E-state index in [4.69, 9.17) is 16.6 Å². The van der Waals surface area contributed by atoms with E-state index >= 15 is 0 Å². The molecule has 1 saturated carbocycles. The molecule has 2 N–H and O–H groups in total. The number of hydrogen-bond donors (Lipinski definition) is 2. The first-order valence-electron chi connectivity index (χ1n) is 8.33. The Hall–Kier alpha value is -2.15. The molecule has 2 heterocycles. The van der Waals surface area contributed by atoms with Gasteiger partial charge in [-0.3, -0.25) is 9.59 Å². The number of carbonyl (C=O) groups excluding carboxylic acids is 2. The van der Waals surface area contributed by atoms with Crippen LogP contribution in [0.2, 0.25) is 0 Å². The highest BCUT2D eigenvalue weighted by molar-refractivity contribution is 7.71. The van der Waals surface area contributed by atoms with Gasteiger partial charge in [-0.05, 0) is 50.0 Å². The fraction of sp³-hybridized carbons (Fsp3) is 0.471. The normalized spacial score (nSPS) is 21.0. The zero-order chi connectivity index (χ0) is 16.7. The van der Waals surface area contributed by atoms with Crippen molar-refractivity contribution >= 4 is 40.8 Å². The zero-order valence-electron chi connectivity index (χ0n) is 13.2. The van der Waals surface area contributed by atoms with E-state index in [-0.39, 0.29) is 23.7 Å². The maximum Gasteiger partial charge on any atom is 0.266 e. The molecule has 0 spiro atoms. The Labute approximate surface area is 144 Å². The molecule has 0 radical (unpaired) electrons.